The molecule has 0 aliphatic rings. The van der Waals surface area contributed by atoms with Gasteiger partial charge in [0.2, 0.25) is 0 Å². The molecule has 1 amide bonds. The molecule has 0 radical (unpaired) electrons. The average Bonchev–Trinajstić information content (AvgIpc) is 2.35. The molecule has 0 aromatic heterocycles. The lowest BCUT2D eigenvalue weighted by Crippen LogP contribution is -2.26. The van der Waals surface area contributed by atoms with Crippen LogP contribution in [0, 0.1) is 17.6 Å². The Bertz CT molecular complexity index is 633. The molecule has 0 bridgehead atoms. The molecule has 0 saturated carbocycles. The maximum Gasteiger partial charge on any atom is 0.261 e. The summed E-state index contributed by atoms with van der Waals surface area (Å²) in [5.74, 6) is -3.26. The van der Waals surface area contributed by atoms with Crippen LogP contribution >= 0.6 is 10.7 Å². The van der Waals surface area contributed by atoms with Crippen LogP contribution in [0.15, 0.2) is 17.0 Å². The van der Waals surface area contributed by atoms with E-state index in [0.29, 0.717) is 18.4 Å². The van der Waals surface area contributed by atoms with Crippen LogP contribution in [-0.4, -0.2) is 20.9 Å². The van der Waals surface area contributed by atoms with Crippen molar-refractivity contribution in [2.45, 2.75) is 31.6 Å². The lowest BCUT2D eigenvalue weighted by atomic mass is 10.1. The van der Waals surface area contributed by atoms with Gasteiger partial charge in [-0.25, -0.2) is 17.2 Å². The first-order chi connectivity index (χ1) is 9.62. The van der Waals surface area contributed by atoms with Gasteiger partial charge in [-0.3, -0.25) is 4.79 Å². The second-order valence-electron chi connectivity index (χ2n) is 5.00. The highest BCUT2D eigenvalue weighted by atomic mass is 35.7. The Labute approximate surface area is 126 Å². The third-order valence-electron chi connectivity index (χ3n) is 2.77. The first-order valence-electron chi connectivity index (χ1n) is 6.35. The fraction of sp³-hybridized carbons (Fsp3) is 0.462. The van der Waals surface area contributed by atoms with Crippen molar-refractivity contribution in [3.8, 4) is 0 Å². The normalized spacial score (nSPS) is 11.7. The van der Waals surface area contributed by atoms with Crippen molar-refractivity contribution in [2.75, 3.05) is 6.54 Å². The zero-order chi connectivity index (χ0) is 16.2. The molecule has 1 N–H and O–H groups in total. The summed E-state index contributed by atoms with van der Waals surface area (Å²) >= 11 is 0. The zero-order valence-electron chi connectivity index (χ0n) is 11.6. The second-order valence-corrected chi connectivity index (χ2v) is 7.56. The van der Waals surface area contributed by atoms with Crippen molar-refractivity contribution in [3.63, 3.8) is 0 Å². The minimum Gasteiger partial charge on any atom is -0.352 e. The van der Waals surface area contributed by atoms with Gasteiger partial charge in [0, 0.05) is 17.2 Å². The van der Waals surface area contributed by atoms with E-state index in [4.69, 9.17) is 10.7 Å². The van der Waals surface area contributed by atoms with Crippen molar-refractivity contribution in [1.82, 2.24) is 5.32 Å². The first-order valence-corrected chi connectivity index (χ1v) is 8.65. The van der Waals surface area contributed by atoms with Crippen LogP contribution in [0.2, 0.25) is 0 Å². The van der Waals surface area contributed by atoms with Crippen molar-refractivity contribution < 1.29 is 22.0 Å². The molecule has 0 fully saturated rings. The highest BCUT2D eigenvalue weighted by Gasteiger charge is 2.21. The fourth-order valence-electron chi connectivity index (χ4n) is 1.68. The van der Waals surface area contributed by atoms with Crippen molar-refractivity contribution in [2.24, 2.45) is 5.92 Å². The molecule has 8 heteroatoms. The van der Waals surface area contributed by atoms with Gasteiger partial charge in [-0.05, 0) is 30.9 Å². The molecule has 0 aliphatic carbocycles. The predicted octanol–water partition coefficient (Wildman–Crippen LogP) is 3.06. The van der Waals surface area contributed by atoms with E-state index in [0.717, 1.165) is 12.5 Å². The van der Waals surface area contributed by atoms with Crippen molar-refractivity contribution in [1.29, 1.82) is 0 Å². The summed E-state index contributed by atoms with van der Waals surface area (Å²) in [4.78, 5) is 11.1. The molecule has 1 aromatic carbocycles. The van der Waals surface area contributed by atoms with Crippen LogP contribution in [0.3, 0.4) is 0 Å². The first kappa shape index (κ1) is 17.8. The van der Waals surface area contributed by atoms with Crippen LogP contribution in [0.5, 0.6) is 0 Å². The minimum absolute atomic E-state index is 0.288. The number of carbonyl (C=O) groups is 1. The molecule has 0 heterocycles. The number of benzene rings is 1. The van der Waals surface area contributed by atoms with E-state index >= 15 is 0 Å². The monoisotopic (exact) mass is 339 g/mol. The Morgan fingerprint density at radius 3 is 2.48 bits per heavy atom. The molecule has 1 rings (SSSR count). The summed E-state index contributed by atoms with van der Waals surface area (Å²) in [6.07, 6.45) is 1.55. The zero-order valence-corrected chi connectivity index (χ0v) is 13.2. The van der Waals surface area contributed by atoms with Gasteiger partial charge in [0.05, 0.1) is 10.5 Å². The summed E-state index contributed by atoms with van der Waals surface area (Å²) in [7, 11) is 0.824. The van der Waals surface area contributed by atoms with Gasteiger partial charge in [0.25, 0.3) is 15.0 Å². The number of hydrogen-bond acceptors (Lipinski definition) is 3. The quantitative estimate of drug-likeness (QED) is 0.640. The van der Waals surface area contributed by atoms with E-state index in [1.165, 1.54) is 0 Å². The van der Waals surface area contributed by atoms with Crippen LogP contribution < -0.4 is 5.32 Å². The standard InChI is InChI=1S/C13H16ClF2NO3S/c1-8(2)4-3-5-17-13(18)10-6-9(21(14,19)20)7-11(15)12(10)16/h6-8H,3-5H2,1-2H3,(H,17,18). The summed E-state index contributed by atoms with van der Waals surface area (Å²) in [6, 6.07) is 1.16. The van der Waals surface area contributed by atoms with Gasteiger partial charge in [-0.2, -0.15) is 0 Å². The SMILES string of the molecule is CC(C)CCCNC(=O)c1cc(S(=O)(=O)Cl)cc(F)c1F. The van der Waals surface area contributed by atoms with Crippen LogP contribution in [0.4, 0.5) is 8.78 Å². The molecule has 0 unspecified atom stereocenters. The van der Waals surface area contributed by atoms with Gasteiger partial charge in [-0.15, -0.1) is 0 Å². The largest absolute Gasteiger partial charge is 0.352 e. The number of halogens is 3. The van der Waals surface area contributed by atoms with E-state index in [1.54, 1.807) is 0 Å². The number of rotatable bonds is 6. The van der Waals surface area contributed by atoms with Crippen LogP contribution in [0.25, 0.3) is 0 Å². The summed E-state index contributed by atoms with van der Waals surface area (Å²) in [5.41, 5.74) is -0.682. The Morgan fingerprint density at radius 2 is 1.95 bits per heavy atom. The highest BCUT2D eigenvalue weighted by molar-refractivity contribution is 8.13. The fourth-order valence-corrected chi connectivity index (χ4v) is 2.45. The summed E-state index contributed by atoms with van der Waals surface area (Å²) < 4.78 is 49.2. The smallest absolute Gasteiger partial charge is 0.261 e. The van der Waals surface area contributed by atoms with Gasteiger partial charge in [0.1, 0.15) is 0 Å². The summed E-state index contributed by atoms with van der Waals surface area (Å²) in [5, 5.41) is 2.42. The summed E-state index contributed by atoms with van der Waals surface area (Å²) in [6.45, 7) is 4.33. The number of amides is 1. The molecule has 0 atom stereocenters. The molecule has 4 nitrogen and oxygen atoms in total. The maximum absolute atomic E-state index is 13.6. The minimum atomic E-state index is -4.25. The molecular weight excluding hydrogens is 324 g/mol. The molecule has 0 saturated heterocycles. The maximum atomic E-state index is 13.6. The van der Waals surface area contributed by atoms with E-state index in [2.05, 4.69) is 5.32 Å². The Morgan fingerprint density at radius 1 is 1.33 bits per heavy atom. The molecule has 21 heavy (non-hydrogen) atoms. The van der Waals surface area contributed by atoms with Crippen molar-refractivity contribution >= 4 is 25.6 Å². The van der Waals surface area contributed by atoms with Gasteiger partial charge < -0.3 is 5.32 Å². The topological polar surface area (TPSA) is 63.2 Å². The van der Waals surface area contributed by atoms with E-state index in [9.17, 15) is 22.0 Å². The molecule has 1 aromatic rings. The molecular formula is C13H16ClF2NO3S. The Kier molecular flexibility index (Phi) is 6.10. The van der Waals surface area contributed by atoms with E-state index in [-0.39, 0.29) is 6.54 Å². The van der Waals surface area contributed by atoms with Crippen LogP contribution in [0.1, 0.15) is 37.0 Å². The van der Waals surface area contributed by atoms with Gasteiger partial charge >= 0.3 is 0 Å². The Balaban J connectivity index is 2.91. The van der Waals surface area contributed by atoms with Gasteiger partial charge in [0.15, 0.2) is 11.6 Å². The lowest BCUT2D eigenvalue weighted by molar-refractivity contribution is 0.0947. The molecule has 0 aliphatic heterocycles. The van der Waals surface area contributed by atoms with E-state index in [1.807, 2.05) is 13.8 Å². The molecule has 0 spiro atoms. The van der Waals surface area contributed by atoms with E-state index < -0.39 is 37.1 Å². The molecule has 118 valence electrons. The number of hydrogen-bond donors (Lipinski definition) is 1. The number of nitrogens with one attached hydrogen (secondary N) is 1. The predicted molar refractivity (Wildman–Crippen MR) is 75.8 cm³/mol. The number of carbonyl (C=O) groups excluding carboxylic acids is 1. The third-order valence-corrected chi connectivity index (χ3v) is 4.11. The van der Waals surface area contributed by atoms with Gasteiger partial charge in [-0.1, -0.05) is 13.8 Å². The second kappa shape index (κ2) is 7.17. The Hall–Kier alpha value is -1.21. The average molecular weight is 340 g/mol. The third kappa shape index (κ3) is 5.24. The van der Waals surface area contributed by atoms with Crippen LogP contribution in [-0.2, 0) is 9.05 Å². The lowest BCUT2D eigenvalue weighted by Gasteiger charge is -2.09. The highest BCUT2D eigenvalue weighted by Crippen LogP contribution is 2.21. The van der Waals surface area contributed by atoms with Crippen molar-refractivity contribution in [3.05, 3.63) is 29.3 Å².